The molecule has 3 aromatic carbocycles. The summed E-state index contributed by atoms with van der Waals surface area (Å²) >= 11 is 0. The molecule has 3 aromatic rings. The normalized spacial score (nSPS) is 23.5. The van der Waals surface area contributed by atoms with E-state index in [-0.39, 0.29) is 17.0 Å². The molecule has 0 saturated heterocycles. The summed E-state index contributed by atoms with van der Waals surface area (Å²) in [6.07, 6.45) is 11.9. The van der Waals surface area contributed by atoms with Crippen molar-refractivity contribution < 1.29 is 17.6 Å². The molecule has 0 aromatic heterocycles. The van der Waals surface area contributed by atoms with Crippen LogP contribution >= 0.6 is 0 Å². The van der Waals surface area contributed by atoms with Gasteiger partial charge in [0.1, 0.15) is 0 Å². The number of aryl methyl sites for hydroxylation is 1. The lowest BCUT2D eigenvalue weighted by Crippen LogP contribution is -2.25. The lowest BCUT2D eigenvalue weighted by molar-refractivity contribution is 0.164. The van der Waals surface area contributed by atoms with Gasteiger partial charge in [-0.25, -0.2) is 17.6 Å². The van der Waals surface area contributed by atoms with E-state index in [0.29, 0.717) is 35.1 Å². The Balaban J connectivity index is 1.29. The van der Waals surface area contributed by atoms with E-state index in [2.05, 4.69) is 13.5 Å². The van der Waals surface area contributed by atoms with Crippen molar-refractivity contribution in [3.63, 3.8) is 0 Å². The maximum Gasteiger partial charge on any atom is 0.166 e. The molecular weight excluding hydrogens is 496 g/mol. The standard InChI is InChI=1S/C35H38F4/c1-3-4-5-28-18-19-29(33(37)32(28)36)26-14-16-27(17-15-26)31-21-20-30(34(38)35(31)39)25-12-10-24(11-13-25)23-8-6-22(2)7-9-23/h3,14-25H,1,4-13H2,2H3. The summed E-state index contributed by atoms with van der Waals surface area (Å²) in [6, 6.07) is 13.0. The van der Waals surface area contributed by atoms with E-state index < -0.39 is 23.3 Å². The molecule has 0 nitrogen and oxygen atoms in total. The lowest BCUT2D eigenvalue weighted by Gasteiger charge is -2.37. The van der Waals surface area contributed by atoms with Crippen LogP contribution in [-0.2, 0) is 6.42 Å². The van der Waals surface area contributed by atoms with Crippen LogP contribution in [0, 0.1) is 41.0 Å². The van der Waals surface area contributed by atoms with Crippen molar-refractivity contribution in [3.8, 4) is 22.3 Å². The first-order chi connectivity index (χ1) is 18.9. The number of hydrogen-bond donors (Lipinski definition) is 0. The molecule has 39 heavy (non-hydrogen) atoms. The van der Waals surface area contributed by atoms with Crippen LogP contribution < -0.4 is 0 Å². The summed E-state index contributed by atoms with van der Waals surface area (Å²) in [4.78, 5) is 0. The van der Waals surface area contributed by atoms with Crippen LogP contribution in [0.5, 0.6) is 0 Å². The second-order valence-corrected chi connectivity index (χ2v) is 11.8. The fourth-order valence-electron chi connectivity index (χ4n) is 6.85. The predicted molar refractivity (Wildman–Crippen MR) is 151 cm³/mol. The van der Waals surface area contributed by atoms with Gasteiger partial charge in [-0.15, -0.1) is 6.58 Å². The van der Waals surface area contributed by atoms with Crippen molar-refractivity contribution in [2.24, 2.45) is 17.8 Å². The number of halogens is 4. The van der Waals surface area contributed by atoms with Gasteiger partial charge < -0.3 is 0 Å². The molecule has 2 aliphatic carbocycles. The molecule has 0 N–H and O–H groups in total. The Morgan fingerprint density at radius 1 is 0.641 bits per heavy atom. The topological polar surface area (TPSA) is 0 Å². The number of benzene rings is 3. The molecule has 0 spiro atoms. The van der Waals surface area contributed by atoms with Gasteiger partial charge in [0.15, 0.2) is 23.3 Å². The first kappa shape index (κ1) is 27.7. The lowest BCUT2D eigenvalue weighted by atomic mass is 9.68. The third-order valence-electron chi connectivity index (χ3n) is 9.34. The van der Waals surface area contributed by atoms with Gasteiger partial charge in [-0.3, -0.25) is 0 Å². The van der Waals surface area contributed by atoms with Gasteiger partial charge in [-0.1, -0.05) is 74.4 Å². The van der Waals surface area contributed by atoms with Crippen molar-refractivity contribution in [1.82, 2.24) is 0 Å². The van der Waals surface area contributed by atoms with Crippen LogP contribution in [0.2, 0.25) is 0 Å². The zero-order chi connectivity index (χ0) is 27.5. The summed E-state index contributed by atoms with van der Waals surface area (Å²) in [6.45, 7) is 5.96. The van der Waals surface area contributed by atoms with Crippen LogP contribution in [-0.4, -0.2) is 0 Å². The Morgan fingerprint density at radius 2 is 1.15 bits per heavy atom. The largest absolute Gasteiger partial charge is 0.203 e. The van der Waals surface area contributed by atoms with Crippen LogP contribution in [0.3, 0.4) is 0 Å². The minimum Gasteiger partial charge on any atom is -0.203 e. The van der Waals surface area contributed by atoms with Gasteiger partial charge >= 0.3 is 0 Å². The maximum atomic E-state index is 15.3. The van der Waals surface area contributed by atoms with Crippen LogP contribution in [0.4, 0.5) is 17.6 Å². The summed E-state index contributed by atoms with van der Waals surface area (Å²) in [5.74, 6) is -0.935. The maximum absolute atomic E-state index is 15.3. The second kappa shape index (κ2) is 12.1. The van der Waals surface area contributed by atoms with Gasteiger partial charge in [0, 0.05) is 11.1 Å². The monoisotopic (exact) mass is 534 g/mol. The second-order valence-electron chi connectivity index (χ2n) is 11.8. The zero-order valence-corrected chi connectivity index (χ0v) is 22.8. The van der Waals surface area contributed by atoms with Gasteiger partial charge in [-0.2, -0.15) is 0 Å². The van der Waals surface area contributed by atoms with Crippen molar-refractivity contribution in [1.29, 1.82) is 0 Å². The molecule has 2 fully saturated rings. The Bertz CT molecular complexity index is 1290. The summed E-state index contributed by atoms with van der Waals surface area (Å²) in [5.41, 5.74) is 2.09. The highest BCUT2D eigenvalue weighted by Gasteiger charge is 2.32. The third kappa shape index (κ3) is 5.85. The van der Waals surface area contributed by atoms with E-state index >= 15 is 8.78 Å². The molecule has 0 aliphatic heterocycles. The van der Waals surface area contributed by atoms with Crippen molar-refractivity contribution in [3.05, 3.63) is 95.6 Å². The minimum atomic E-state index is -0.904. The van der Waals surface area contributed by atoms with E-state index in [1.807, 2.05) is 0 Å². The number of hydrogen-bond acceptors (Lipinski definition) is 0. The molecule has 0 radical (unpaired) electrons. The molecule has 2 saturated carbocycles. The highest BCUT2D eigenvalue weighted by atomic mass is 19.2. The van der Waals surface area contributed by atoms with E-state index in [1.54, 1.807) is 54.6 Å². The van der Waals surface area contributed by atoms with Crippen molar-refractivity contribution in [2.75, 3.05) is 0 Å². The van der Waals surface area contributed by atoms with Crippen molar-refractivity contribution >= 4 is 0 Å². The van der Waals surface area contributed by atoms with Crippen LogP contribution in [0.1, 0.15) is 81.8 Å². The predicted octanol–water partition coefficient (Wildman–Crippen LogP) is 10.8. The van der Waals surface area contributed by atoms with Crippen LogP contribution in [0.15, 0.2) is 61.2 Å². The van der Waals surface area contributed by atoms with E-state index in [9.17, 15) is 8.78 Å². The summed E-state index contributed by atoms with van der Waals surface area (Å²) < 4.78 is 59.9. The summed E-state index contributed by atoms with van der Waals surface area (Å²) in [5, 5.41) is 0. The number of rotatable bonds is 7. The van der Waals surface area contributed by atoms with E-state index in [4.69, 9.17) is 0 Å². The van der Waals surface area contributed by atoms with Gasteiger partial charge in [0.2, 0.25) is 0 Å². The molecule has 4 heteroatoms. The Morgan fingerprint density at radius 3 is 1.72 bits per heavy atom. The Hall–Kier alpha value is -2.88. The molecule has 0 bridgehead atoms. The molecule has 0 heterocycles. The van der Waals surface area contributed by atoms with Gasteiger partial charge in [0.05, 0.1) is 0 Å². The highest BCUT2D eigenvalue weighted by Crippen LogP contribution is 2.45. The van der Waals surface area contributed by atoms with Gasteiger partial charge in [-0.05, 0) is 97.3 Å². The average molecular weight is 535 g/mol. The molecule has 0 atom stereocenters. The van der Waals surface area contributed by atoms with Crippen molar-refractivity contribution in [2.45, 2.75) is 77.0 Å². The molecule has 0 amide bonds. The zero-order valence-electron chi connectivity index (χ0n) is 22.8. The first-order valence-electron chi connectivity index (χ1n) is 14.5. The van der Waals surface area contributed by atoms with E-state index in [0.717, 1.165) is 43.4 Å². The summed E-state index contributed by atoms with van der Waals surface area (Å²) in [7, 11) is 0. The molecule has 0 unspecified atom stereocenters. The molecule has 5 rings (SSSR count). The third-order valence-corrected chi connectivity index (χ3v) is 9.34. The van der Waals surface area contributed by atoms with E-state index in [1.165, 1.54) is 25.7 Å². The minimum absolute atomic E-state index is 0.0574. The fourth-order valence-corrected chi connectivity index (χ4v) is 6.85. The Labute approximate surface area is 230 Å². The van der Waals surface area contributed by atoms with Crippen LogP contribution in [0.25, 0.3) is 22.3 Å². The SMILES string of the molecule is C=CCCc1ccc(-c2ccc(-c3ccc(C4CCC(C5CCC(C)CC5)CC4)c(F)c3F)cc2)c(F)c1F. The fraction of sp³-hybridized carbons (Fsp3) is 0.429. The molecular formula is C35H38F4. The first-order valence-corrected chi connectivity index (χ1v) is 14.5. The quantitative estimate of drug-likeness (QED) is 0.209. The molecule has 2 aliphatic rings. The van der Waals surface area contributed by atoms with Gasteiger partial charge in [0.25, 0.3) is 0 Å². The average Bonchev–Trinajstić information content (AvgIpc) is 2.96. The Kier molecular flexibility index (Phi) is 8.59. The highest BCUT2D eigenvalue weighted by molar-refractivity contribution is 5.71. The smallest absolute Gasteiger partial charge is 0.166 e. The molecule has 206 valence electrons. The number of allylic oxidation sites excluding steroid dienone is 1.